The van der Waals surface area contributed by atoms with Gasteiger partial charge in [0.2, 0.25) is 0 Å². The molecule has 4 nitrogen and oxygen atoms in total. The van der Waals surface area contributed by atoms with Crippen LogP contribution in [0.4, 0.5) is 5.82 Å². The molecule has 0 spiro atoms. The molecule has 3 rings (SSSR count). The number of halogens is 1. The second-order valence-electron chi connectivity index (χ2n) is 5.74. The Morgan fingerprint density at radius 1 is 1.11 bits per heavy atom. The lowest BCUT2D eigenvalue weighted by molar-refractivity contribution is 0.360. The van der Waals surface area contributed by atoms with Crippen LogP contribution >= 0.6 is 11.6 Å². The lowest BCUT2D eigenvalue weighted by Crippen LogP contribution is -2.30. The van der Waals surface area contributed by atoms with E-state index in [-0.39, 0.29) is 0 Å². The minimum absolute atomic E-state index is 0.548. The molecular formula is C14H21ClN4. The van der Waals surface area contributed by atoms with Crippen molar-refractivity contribution in [2.24, 2.45) is 0 Å². The Hall–Kier alpha value is -0.870. The number of nitrogens with zero attached hydrogens (tertiary/aromatic N) is 4. The van der Waals surface area contributed by atoms with Crippen molar-refractivity contribution >= 4 is 17.4 Å². The summed E-state index contributed by atoms with van der Waals surface area (Å²) in [6.07, 6.45) is 3.60. The van der Waals surface area contributed by atoms with Gasteiger partial charge in [0.1, 0.15) is 16.8 Å². The Morgan fingerprint density at radius 3 is 2.63 bits per heavy atom. The minimum atomic E-state index is 0.548. The minimum Gasteiger partial charge on any atom is -0.355 e. The van der Waals surface area contributed by atoms with Crippen LogP contribution in [0.2, 0.25) is 5.15 Å². The molecule has 0 N–H and O–H groups in total. The van der Waals surface area contributed by atoms with Gasteiger partial charge in [-0.25, -0.2) is 9.97 Å². The van der Waals surface area contributed by atoms with Crippen LogP contribution in [0, 0.1) is 6.92 Å². The summed E-state index contributed by atoms with van der Waals surface area (Å²) in [5.41, 5.74) is 1.02. The van der Waals surface area contributed by atoms with Gasteiger partial charge >= 0.3 is 0 Å². The van der Waals surface area contributed by atoms with Gasteiger partial charge in [-0.15, -0.1) is 0 Å². The predicted octanol–water partition coefficient (Wildman–Crippen LogP) is 2.46. The number of rotatable bonds is 2. The number of hydrogen-bond donors (Lipinski definition) is 0. The van der Waals surface area contributed by atoms with Crippen LogP contribution in [0.5, 0.6) is 0 Å². The summed E-state index contributed by atoms with van der Waals surface area (Å²) in [6.45, 7) is 6.35. The summed E-state index contributed by atoms with van der Waals surface area (Å²) >= 11 is 6.29. The van der Waals surface area contributed by atoms with Gasteiger partial charge in [0, 0.05) is 31.1 Å². The van der Waals surface area contributed by atoms with Crippen molar-refractivity contribution in [3.05, 3.63) is 16.5 Å². The van der Waals surface area contributed by atoms with Crippen LogP contribution in [0.3, 0.4) is 0 Å². The van der Waals surface area contributed by atoms with Crippen molar-refractivity contribution in [1.82, 2.24) is 14.9 Å². The molecule has 0 aromatic carbocycles. The molecule has 2 aliphatic rings. The smallest absolute Gasteiger partial charge is 0.137 e. The molecule has 1 saturated heterocycles. The molecule has 19 heavy (non-hydrogen) atoms. The molecule has 1 saturated carbocycles. The van der Waals surface area contributed by atoms with Crippen LogP contribution < -0.4 is 4.90 Å². The number of aromatic nitrogens is 2. The maximum atomic E-state index is 6.29. The summed E-state index contributed by atoms with van der Waals surface area (Å²) in [4.78, 5) is 14.0. The lowest BCUT2D eigenvalue weighted by Gasteiger charge is -2.24. The largest absolute Gasteiger partial charge is 0.355 e. The average Bonchev–Trinajstić information content (AvgIpc) is 3.20. The van der Waals surface area contributed by atoms with E-state index in [9.17, 15) is 0 Å². The van der Waals surface area contributed by atoms with E-state index in [1.165, 1.54) is 19.3 Å². The summed E-state index contributed by atoms with van der Waals surface area (Å²) in [5, 5.41) is 0.629. The fourth-order valence-electron chi connectivity index (χ4n) is 2.58. The molecule has 0 amide bonds. The van der Waals surface area contributed by atoms with Crippen LogP contribution in [0.1, 0.15) is 36.6 Å². The number of hydrogen-bond acceptors (Lipinski definition) is 4. The first-order valence-electron chi connectivity index (χ1n) is 7.12. The zero-order valence-electron chi connectivity index (χ0n) is 11.7. The molecular weight excluding hydrogens is 260 g/mol. The van der Waals surface area contributed by atoms with Crippen molar-refractivity contribution in [3.8, 4) is 0 Å². The topological polar surface area (TPSA) is 32.3 Å². The van der Waals surface area contributed by atoms with E-state index < -0.39 is 0 Å². The molecule has 1 aliphatic carbocycles. The van der Waals surface area contributed by atoms with Crippen LogP contribution in [-0.2, 0) is 0 Å². The van der Waals surface area contributed by atoms with Crippen LogP contribution in [0.25, 0.3) is 0 Å². The first-order chi connectivity index (χ1) is 9.15. The van der Waals surface area contributed by atoms with Gasteiger partial charge in [-0.05, 0) is 39.8 Å². The molecule has 1 aromatic rings. The Morgan fingerprint density at radius 2 is 1.89 bits per heavy atom. The highest BCUT2D eigenvalue weighted by atomic mass is 35.5. The third-order valence-corrected chi connectivity index (χ3v) is 4.41. The molecule has 0 atom stereocenters. The monoisotopic (exact) mass is 280 g/mol. The van der Waals surface area contributed by atoms with Crippen LogP contribution in [-0.4, -0.2) is 48.1 Å². The third kappa shape index (κ3) is 2.84. The highest BCUT2D eigenvalue weighted by molar-refractivity contribution is 6.30. The fourth-order valence-corrected chi connectivity index (χ4v) is 2.76. The summed E-state index contributed by atoms with van der Waals surface area (Å²) in [5.74, 6) is 2.55. The standard InChI is InChI=1S/C14H21ClN4/c1-10-12(15)16-13(11-4-5-11)17-14(10)19-7-3-6-18(2)8-9-19/h11H,3-9H2,1-2H3. The van der Waals surface area contributed by atoms with Gasteiger partial charge in [-0.3, -0.25) is 0 Å². The molecule has 1 aliphatic heterocycles. The molecule has 0 bridgehead atoms. The normalized spacial score (nSPS) is 21.5. The SMILES string of the molecule is Cc1c(Cl)nc(C2CC2)nc1N1CCCN(C)CC1. The molecule has 1 aromatic heterocycles. The molecule has 104 valence electrons. The van der Waals surface area contributed by atoms with E-state index in [1.54, 1.807) is 0 Å². The summed E-state index contributed by atoms with van der Waals surface area (Å²) in [6, 6.07) is 0. The maximum Gasteiger partial charge on any atom is 0.137 e. The second kappa shape index (κ2) is 5.25. The van der Waals surface area contributed by atoms with Crippen molar-refractivity contribution in [1.29, 1.82) is 0 Å². The van der Waals surface area contributed by atoms with Crippen molar-refractivity contribution in [3.63, 3.8) is 0 Å². The molecule has 5 heteroatoms. The Kier molecular flexibility index (Phi) is 3.63. The molecule has 2 heterocycles. The fraction of sp³-hybridized carbons (Fsp3) is 0.714. The predicted molar refractivity (Wildman–Crippen MR) is 78.1 cm³/mol. The van der Waals surface area contributed by atoms with E-state index in [2.05, 4.69) is 21.8 Å². The van der Waals surface area contributed by atoms with Crippen molar-refractivity contribution in [2.75, 3.05) is 38.1 Å². The van der Waals surface area contributed by atoms with Gasteiger partial charge in [-0.2, -0.15) is 0 Å². The second-order valence-corrected chi connectivity index (χ2v) is 6.10. The highest BCUT2D eigenvalue weighted by Crippen LogP contribution is 2.40. The van der Waals surface area contributed by atoms with Crippen LogP contribution in [0.15, 0.2) is 0 Å². The first-order valence-corrected chi connectivity index (χ1v) is 7.50. The maximum absolute atomic E-state index is 6.29. The highest BCUT2D eigenvalue weighted by Gasteiger charge is 2.29. The third-order valence-electron chi connectivity index (χ3n) is 4.04. The number of likely N-dealkylation sites (N-methyl/N-ethyl adjacent to an activating group) is 1. The zero-order chi connectivity index (χ0) is 13.4. The average molecular weight is 281 g/mol. The first kappa shape index (κ1) is 13.1. The zero-order valence-corrected chi connectivity index (χ0v) is 12.4. The Balaban J connectivity index is 1.89. The Bertz CT molecular complexity index is 473. The van der Waals surface area contributed by atoms with E-state index in [4.69, 9.17) is 16.6 Å². The van der Waals surface area contributed by atoms with Crippen molar-refractivity contribution < 1.29 is 0 Å². The summed E-state index contributed by atoms with van der Waals surface area (Å²) < 4.78 is 0. The molecule has 0 radical (unpaired) electrons. The molecule has 0 unspecified atom stereocenters. The van der Waals surface area contributed by atoms with E-state index in [1.807, 2.05) is 6.92 Å². The van der Waals surface area contributed by atoms with E-state index in [0.29, 0.717) is 11.1 Å². The van der Waals surface area contributed by atoms with Gasteiger partial charge in [0.15, 0.2) is 0 Å². The lowest BCUT2D eigenvalue weighted by atomic mass is 10.2. The van der Waals surface area contributed by atoms with Gasteiger partial charge in [-0.1, -0.05) is 11.6 Å². The van der Waals surface area contributed by atoms with E-state index >= 15 is 0 Å². The van der Waals surface area contributed by atoms with Crippen molar-refractivity contribution in [2.45, 2.75) is 32.1 Å². The summed E-state index contributed by atoms with van der Waals surface area (Å²) in [7, 11) is 2.18. The molecule has 2 fully saturated rings. The van der Waals surface area contributed by atoms with E-state index in [0.717, 1.165) is 43.4 Å². The van der Waals surface area contributed by atoms with Gasteiger partial charge < -0.3 is 9.80 Å². The quantitative estimate of drug-likeness (QED) is 0.779. The Labute approximate surface area is 119 Å². The van der Waals surface area contributed by atoms with Gasteiger partial charge in [0.25, 0.3) is 0 Å². The van der Waals surface area contributed by atoms with Gasteiger partial charge in [0.05, 0.1) is 0 Å². The number of anilines is 1.